The first-order chi connectivity index (χ1) is 5.19. The maximum atomic E-state index is 9.68. The van der Waals surface area contributed by atoms with Gasteiger partial charge in [-0.25, -0.2) is 0 Å². The molecular formula is C6H13N3O2. The number of nitrogens with one attached hydrogen (secondary N) is 1. The summed E-state index contributed by atoms with van der Waals surface area (Å²) >= 11 is 0. The van der Waals surface area contributed by atoms with Gasteiger partial charge in [-0.2, -0.15) is 0 Å². The van der Waals surface area contributed by atoms with Crippen molar-refractivity contribution < 1.29 is 10.3 Å². The Morgan fingerprint density at radius 1 is 1.45 bits per heavy atom. The Bertz CT molecular complexity index is 163. The molecule has 0 aromatic carbocycles. The van der Waals surface area contributed by atoms with Crippen LogP contribution in [-0.2, 0) is 0 Å². The summed E-state index contributed by atoms with van der Waals surface area (Å²) in [6.45, 7) is 1.40. The topological polar surface area (TPSA) is 90.9 Å². The van der Waals surface area contributed by atoms with Crippen LogP contribution in [0.25, 0.3) is 0 Å². The van der Waals surface area contributed by atoms with Crippen LogP contribution in [-0.4, -0.2) is 34.8 Å². The fraction of sp³-hybridized carbons (Fsp3) is 0.833. The summed E-state index contributed by atoms with van der Waals surface area (Å²) in [6, 6.07) is 0. The Hall–Kier alpha value is -0.810. The van der Waals surface area contributed by atoms with Crippen molar-refractivity contribution in [3.63, 3.8) is 0 Å². The van der Waals surface area contributed by atoms with Crippen molar-refractivity contribution in [2.24, 2.45) is 10.9 Å². The Morgan fingerprint density at radius 3 is 2.45 bits per heavy atom. The van der Waals surface area contributed by atoms with E-state index in [1.165, 1.54) is 0 Å². The van der Waals surface area contributed by atoms with Gasteiger partial charge in [0.15, 0.2) is 5.84 Å². The Labute approximate surface area is 64.9 Å². The molecule has 5 heteroatoms. The first kappa shape index (κ1) is 8.29. The SMILES string of the molecule is N/C(=N\O)C1(O)CCNCC1. The first-order valence-electron chi connectivity index (χ1n) is 3.60. The highest BCUT2D eigenvalue weighted by atomic mass is 16.4. The van der Waals surface area contributed by atoms with E-state index in [0.717, 1.165) is 0 Å². The Balaban J connectivity index is 2.64. The van der Waals surface area contributed by atoms with E-state index in [-0.39, 0.29) is 5.84 Å². The number of amidine groups is 1. The van der Waals surface area contributed by atoms with E-state index in [1.54, 1.807) is 0 Å². The van der Waals surface area contributed by atoms with Crippen molar-refractivity contribution in [2.45, 2.75) is 18.4 Å². The average molecular weight is 159 g/mol. The number of piperidine rings is 1. The second-order valence-electron chi connectivity index (χ2n) is 2.77. The smallest absolute Gasteiger partial charge is 0.171 e. The molecule has 0 bridgehead atoms. The van der Waals surface area contributed by atoms with Crippen molar-refractivity contribution >= 4 is 5.84 Å². The molecule has 0 radical (unpaired) electrons. The van der Waals surface area contributed by atoms with Crippen LogP contribution in [0.3, 0.4) is 0 Å². The maximum Gasteiger partial charge on any atom is 0.171 e. The molecule has 0 aliphatic carbocycles. The van der Waals surface area contributed by atoms with Crippen LogP contribution in [0.2, 0.25) is 0 Å². The van der Waals surface area contributed by atoms with Crippen LogP contribution >= 0.6 is 0 Å². The maximum absolute atomic E-state index is 9.68. The van der Waals surface area contributed by atoms with Gasteiger partial charge in [0.1, 0.15) is 5.60 Å². The first-order valence-corrected chi connectivity index (χ1v) is 3.60. The van der Waals surface area contributed by atoms with E-state index in [4.69, 9.17) is 10.9 Å². The third kappa shape index (κ3) is 1.61. The minimum atomic E-state index is -1.10. The second kappa shape index (κ2) is 3.06. The minimum Gasteiger partial charge on any atom is -0.409 e. The molecule has 1 heterocycles. The monoisotopic (exact) mass is 159 g/mol. The van der Waals surface area contributed by atoms with E-state index in [9.17, 15) is 5.11 Å². The zero-order chi connectivity index (χ0) is 8.32. The molecule has 1 saturated heterocycles. The van der Waals surface area contributed by atoms with Gasteiger partial charge in [0.25, 0.3) is 0 Å². The lowest BCUT2D eigenvalue weighted by Crippen LogP contribution is -2.51. The molecule has 5 nitrogen and oxygen atoms in total. The van der Waals surface area contributed by atoms with Gasteiger partial charge in [0, 0.05) is 0 Å². The molecule has 0 amide bonds. The molecule has 0 spiro atoms. The van der Waals surface area contributed by atoms with Gasteiger partial charge in [0.2, 0.25) is 0 Å². The van der Waals surface area contributed by atoms with Crippen LogP contribution in [0.15, 0.2) is 5.16 Å². The normalized spacial score (nSPS) is 25.0. The molecule has 5 N–H and O–H groups in total. The summed E-state index contributed by atoms with van der Waals surface area (Å²) in [5, 5.41) is 23.9. The van der Waals surface area contributed by atoms with Crippen LogP contribution in [0.5, 0.6) is 0 Å². The Morgan fingerprint density at radius 2 is 2.00 bits per heavy atom. The van der Waals surface area contributed by atoms with Crippen molar-refractivity contribution in [1.29, 1.82) is 0 Å². The molecule has 0 unspecified atom stereocenters. The van der Waals surface area contributed by atoms with Gasteiger partial charge >= 0.3 is 0 Å². The van der Waals surface area contributed by atoms with Crippen molar-refractivity contribution in [3.8, 4) is 0 Å². The van der Waals surface area contributed by atoms with Gasteiger partial charge < -0.3 is 21.4 Å². The van der Waals surface area contributed by atoms with Gasteiger partial charge in [-0.05, 0) is 25.9 Å². The molecule has 1 aliphatic heterocycles. The molecule has 0 aromatic rings. The number of rotatable bonds is 1. The number of aliphatic hydroxyl groups is 1. The molecule has 1 rings (SSSR count). The summed E-state index contributed by atoms with van der Waals surface area (Å²) in [6.07, 6.45) is 1.01. The van der Waals surface area contributed by atoms with Crippen molar-refractivity contribution in [1.82, 2.24) is 5.32 Å². The summed E-state index contributed by atoms with van der Waals surface area (Å²) in [5.74, 6) is -0.0843. The number of nitrogens with zero attached hydrogens (tertiary/aromatic N) is 1. The quantitative estimate of drug-likeness (QED) is 0.168. The predicted octanol–water partition coefficient (Wildman–Crippen LogP) is -1.15. The zero-order valence-electron chi connectivity index (χ0n) is 6.25. The highest BCUT2D eigenvalue weighted by Gasteiger charge is 2.33. The molecule has 11 heavy (non-hydrogen) atoms. The van der Waals surface area contributed by atoms with Gasteiger partial charge in [-0.3, -0.25) is 0 Å². The van der Waals surface area contributed by atoms with E-state index in [1.807, 2.05) is 0 Å². The fourth-order valence-corrected chi connectivity index (χ4v) is 1.19. The summed E-state index contributed by atoms with van der Waals surface area (Å²) in [5.41, 5.74) is 4.21. The van der Waals surface area contributed by atoms with Crippen molar-refractivity contribution in [2.75, 3.05) is 13.1 Å². The average Bonchev–Trinajstić information content (AvgIpc) is 2.04. The number of oxime groups is 1. The van der Waals surface area contributed by atoms with E-state index >= 15 is 0 Å². The van der Waals surface area contributed by atoms with E-state index in [0.29, 0.717) is 25.9 Å². The number of nitrogens with two attached hydrogens (primary N) is 1. The third-order valence-electron chi connectivity index (χ3n) is 2.02. The highest BCUT2D eigenvalue weighted by molar-refractivity contribution is 5.88. The molecule has 1 aliphatic rings. The van der Waals surface area contributed by atoms with Crippen LogP contribution in [0, 0.1) is 0 Å². The lowest BCUT2D eigenvalue weighted by Gasteiger charge is -2.30. The highest BCUT2D eigenvalue weighted by Crippen LogP contribution is 2.17. The predicted molar refractivity (Wildman–Crippen MR) is 40.5 cm³/mol. The lowest BCUT2D eigenvalue weighted by molar-refractivity contribution is 0.0728. The molecule has 0 aromatic heterocycles. The Kier molecular flexibility index (Phi) is 2.31. The van der Waals surface area contributed by atoms with Gasteiger partial charge in [-0.15, -0.1) is 0 Å². The molecular weight excluding hydrogens is 146 g/mol. The van der Waals surface area contributed by atoms with E-state index < -0.39 is 5.60 Å². The summed E-state index contributed by atoms with van der Waals surface area (Å²) < 4.78 is 0. The molecule has 0 atom stereocenters. The largest absolute Gasteiger partial charge is 0.409 e. The lowest BCUT2D eigenvalue weighted by atomic mass is 9.91. The van der Waals surface area contributed by atoms with E-state index in [2.05, 4.69) is 10.5 Å². The fourth-order valence-electron chi connectivity index (χ4n) is 1.19. The third-order valence-corrected chi connectivity index (χ3v) is 2.02. The van der Waals surface area contributed by atoms with Crippen LogP contribution in [0.1, 0.15) is 12.8 Å². The van der Waals surface area contributed by atoms with Gasteiger partial charge in [0.05, 0.1) is 0 Å². The molecule has 0 saturated carbocycles. The van der Waals surface area contributed by atoms with Crippen molar-refractivity contribution in [3.05, 3.63) is 0 Å². The molecule has 64 valence electrons. The van der Waals surface area contributed by atoms with Gasteiger partial charge in [-0.1, -0.05) is 5.16 Å². The van der Waals surface area contributed by atoms with Crippen LogP contribution in [0.4, 0.5) is 0 Å². The zero-order valence-corrected chi connectivity index (χ0v) is 6.25. The minimum absolute atomic E-state index is 0.0843. The number of hydrogen-bond donors (Lipinski definition) is 4. The number of hydrogen-bond acceptors (Lipinski definition) is 4. The van der Waals surface area contributed by atoms with Crippen LogP contribution < -0.4 is 11.1 Å². The molecule has 1 fully saturated rings. The summed E-state index contributed by atoms with van der Waals surface area (Å²) in [4.78, 5) is 0. The summed E-state index contributed by atoms with van der Waals surface area (Å²) in [7, 11) is 0. The standard InChI is InChI=1S/C6H13N3O2/c7-5(9-11)6(10)1-3-8-4-2-6/h8,10-11H,1-4H2,(H2,7,9). The second-order valence-corrected chi connectivity index (χ2v) is 2.77.